The Kier molecular flexibility index (Phi) is 4.74. The van der Waals surface area contributed by atoms with Gasteiger partial charge in [0.05, 0.1) is 18.4 Å². The Bertz CT molecular complexity index is 1010. The molecule has 1 N–H and O–H groups in total. The first-order valence-electron chi connectivity index (χ1n) is 9.29. The maximum absolute atomic E-state index is 13.1. The highest BCUT2D eigenvalue weighted by atomic mass is 16.5. The Hall–Kier alpha value is -3.34. The average Bonchev–Trinajstić information content (AvgIpc) is 2.96. The van der Waals surface area contributed by atoms with Crippen LogP contribution in [0.15, 0.2) is 60.8 Å². The van der Waals surface area contributed by atoms with Crippen LogP contribution in [0.5, 0.6) is 5.75 Å². The molecule has 28 heavy (non-hydrogen) atoms. The van der Waals surface area contributed by atoms with E-state index in [-0.39, 0.29) is 12.1 Å². The molecule has 0 fully saturated rings. The van der Waals surface area contributed by atoms with Crippen LogP contribution in [0.25, 0.3) is 0 Å². The molecule has 3 aromatic rings. The number of hydrogen-bond donors (Lipinski definition) is 1. The first kappa shape index (κ1) is 18.0. The normalized spacial score (nSPS) is 15.5. The van der Waals surface area contributed by atoms with Crippen LogP contribution in [-0.4, -0.2) is 22.9 Å². The zero-order chi connectivity index (χ0) is 19.7. The standard InChI is InChI=1S/C23H23N3O2/c1-15-6-11-20(16(2)13-15)25-22-21-19(5-4-12-24-21)23(27)26(22)14-17-7-9-18(28-3)10-8-17/h4-13,22,25H,14H2,1-3H3. The fourth-order valence-corrected chi connectivity index (χ4v) is 3.60. The number of hydrogen-bond acceptors (Lipinski definition) is 4. The summed E-state index contributed by atoms with van der Waals surface area (Å²) >= 11 is 0. The lowest BCUT2D eigenvalue weighted by Gasteiger charge is -2.27. The molecule has 0 bridgehead atoms. The number of benzene rings is 2. The Morgan fingerprint density at radius 1 is 1.11 bits per heavy atom. The maximum atomic E-state index is 13.1. The molecule has 2 aromatic carbocycles. The molecule has 1 atom stereocenters. The molecule has 5 heteroatoms. The number of aromatic nitrogens is 1. The van der Waals surface area contributed by atoms with Gasteiger partial charge in [-0.05, 0) is 55.3 Å². The topological polar surface area (TPSA) is 54.5 Å². The number of carbonyl (C=O) groups excluding carboxylic acids is 1. The molecule has 1 aliphatic heterocycles. The number of nitrogens with one attached hydrogen (secondary N) is 1. The predicted octanol–water partition coefficient (Wildman–Crippen LogP) is 4.47. The van der Waals surface area contributed by atoms with Crippen molar-refractivity contribution in [2.45, 2.75) is 26.6 Å². The number of anilines is 1. The molecule has 142 valence electrons. The number of aryl methyl sites for hydroxylation is 2. The summed E-state index contributed by atoms with van der Waals surface area (Å²) in [5, 5.41) is 3.53. The highest BCUT2D eigenvalue weighted by molar-refractivity contribution is 5.98. The minimum absolute atomic E-state index is 0.0128. The molecule has 0 saturated heterocycles. The van der Waals surface area contributed by atoms with Gasteiger partial charge >= 0.3 is 0 Å². The number of rotatable bonds is 5. The van der Waals surface area contributed by atoms with Gasteiger partial charge in [0.1, 0.15) is 11.9 Å². The number of methoxy groups -OCH3 is 1. The van der Waals surface area contributed by atoms with Crippen molar-refractivity contribution < 1.29 is 9.53 Å². The van der Waals surface area contributed by atoms with E-state index in [2.05, 4.69) is 42.3 Å². The summed E-state index contributed by atoms with van der Waals surface area (Å²) < 4.78 is 5.23. The second-order valence-corrected chi connectivity index (χ2v) is 7.08. The van der Waals surface area contributed by atoms with Crippen LogP contribution >= 0.6 is 0 Å². The van der Waals surface area contributed by atoms with Crippen molar-refractivity contribution in [3.05, 3.63) is 88.7 Å². The van der Waals surface area contributed by atoms with E-state index in [4.69, 9.17) is 4.74 Å². The van der Waals surface area contributed by atoms with Gasteiger partial charge in [-0.3, -0.25) is 9.78 Å². The van der Waals surface area contributed by atoms with Gasteiger partial charge in [-0.1, -0.05) is 29.8 Å². The largest absolute Gasteiger partial charge is 0.497 e. The van der Waals surface area contributed by atoms with E-state index in [0.29, 0.717) is 12.1 Å². The minimum atomic E-state index is -0.313. The molecule has 0 spiro atoms. The van der Waals surface area contributed by atoms with Crippen molar-refractivity contribution >= 4 is 11.6 Å². The number of pyridine rings is 1. The second kappa shape index (κ2) is 7.35. The van der Waals surface area contributed by atoms with Gasteiger partial charge in [0.25, 0.3) is 5.91 Å². The average molecular weight is 373 g/mol. The van der Waals surface area contributed by atoms with E-state index >= 15 is 0 Å². The maximum Gasteiger partial charge on any atom is 0.258 e. The van der Waals surface area contributed by atoms with Crippen molar-refractivity contribution in [2.24, 2.45) is 0 Å². The molecule has 1 aromatic heterocycles. The van der Waals surface area contributed by atoms with Crippen molar-refractivity contribution in [1.29, 1.82) is 0 Å². The summed E-state index contributed by atoms with van der Waals surface area (Å²) in [6, 6.07) is 17.7. The minimum Gasteiger partial charge on any atom is -0.497 e. The lowest BCUT2D eigenvalue weighted by molar-refractivity contribution is 0.0727. The van der Waals surface area contributed by atoms with Crippen LogP contribution in [0, 0.1) is 13.8 Å². The Morgan fingerprint density at radius 2 is 1.89 bits per heavy atom. The van der Waals surface area contributed by atoms with Gasteiger partial charge in [-0.2, -0.15) is 0 Å². The number of ether oxygens (including phenoxy) is 1. The van der Waals surface area contributed by atoms with Crippen LogP contribution in [-0.2, 0) is 6.54 Å². The second-order valence-electron chi connectivity index (χ2n) is 7.08. The molecule has 4 rings (SSSR count). The van der Waals surface area contributed by atoms with Crippen molar-refractivity contribution in [1.82, 2.24) is 9.88 Å². The Morgan fingerprint density at radius 3 is 2.61 bits per heavy atom. The molecule has 0 aliphatic carbocycles. The summed E-state index contributed by atoms with van der Waals surface area (Å²) in [7, 11) is 1.64. The van der Waals surface area contributed by atoms with E-state index in [1.54, 1.807) is 13.3 Å². The quantitative estimate of drug-likeness (QED) is 0.717. The fourth-order valence-electron chi connectivity index (χ4n) is 3.60. The van der Waals surface area contributed by atoms with Crippen LogP contribution in [0.3, 0.4) is 0 Å². The van der Waals surface area contributed by atoms with Crippen molar-refractivity contribution in [2.75, 3.05) is 12.4 Å². The molecular formula is C23H23N3O2. The zero-order valence-electron chi connectivity index (χ0n) is 16.3. The summed E-state index contributed by atoms with van der Waals surface area (Å²) in [6.07, 6.45) is 1.42. The van der Waals surface area contributed by atoms with Crippen molar-refractivity contribution in [3.8, 4) is 5.75 Å². The molecular weight excluding hydrogens is 350 g/mol. The van der Waals surface area contributed by atoms with E-state index in [0.717, 1.165) is 28.3 Å². The lowest BCUT2D eigenvalue weighted by atomic mass is 10.1. The van der Waals surface area contributed by atoms with Gasteiger partial charge in [0.2, 0.25) is 0 Å². The number of carbonyl (C=O) groups is 1. The summed E-state index contributed by atoms with van der Waals surface area (Å²) in [6.45, 7) is 4.63. The summed E-state index contributed by atoms with van der Waals surface area (Å²) in [4.78, 5) is 19.4. The smallest absolute Gasteiger partial charge is 0.258 e. The van der Waals surface area contributed by atoms with E-state index in [1.165, 1.54) is 5.56 Å². The van der Waals surface area contributed by atoms with Crippen LogP contribution in [0.4, 0.5) is 5.69 Å². The highest BCUT2D eigenvalue weighted by Crippen LogP contribution is 2.35. The fraction of sp³-hybridized carbons (Fsp3) is 0.217. The monoisotopic (exact) mass is 373 g/mol. The molecule has 1 aliphatic rings. The molecule has 5 nitrogen and oxygen atoms in total. The first-order chi connectivity index (χ1) is 13.6. The van der Waals surface area contributed by atoms with Gasteiger partial charge in [-0.25, -0.2) is 0 Å². The molecule has 1 amide bonds. The van der Waals surface area contributed by atoms with Gasteiger partial charge in [0.15, 0.2) is 0 Å². The highest BCUT2D eigenvalue weighted by Gasteiger charge is 2.38. The third kappa shape index (κ3) is 3.31. The summed E-state index contributed by atoms with van der Waals surface area (Å²) in [5.41, 5.74) is 5.80. The van der Waals surface area contributed by atoms with Crippen LogP contribution < -0.4 is 10.1 Å². The molecule has 1 unspecified atom stereocenters. The number of fused-ring (bicyclic) bond motifs is 1. The first-order valence-corrected chi connectivity index (χ1v) is 9.29. The van der Waals surface area contributed by atoms with Gasteiger partial charge < -0.3 is 15.0 Å². The number of nitrogens with zero attached hydrogens (tertiary/aromatic N) is 2. The summed E-state index contributed by atoms with van der Waals surface area (Å²) in [5.74, 6) is 0.785. The Labute approximate surface area is 165 Å². The van der Waals surface area contributed by atoms with E-state index in [9.17, 15) is 4.79 Å². The predicted molar refractivity (Wildman–Crippen MR) is 109 cm³/mol. The van der Waals surface area contributed by atoms with Crippen LogP contribution in [0.2, 0.25) is 0 Å². The lowest BCUT2D eigenvalue weighted by Crippen LogP contribution is -2.32. The third-order valence-corrected chi connectivity index (χ3v) is 5.09. The van der Waals surface area contributed by atoms with Gasteiger partial charge in [-0.15, -0.1) is 0 Å². The molecule has 0 saturated carbocycles. The zero-order valence-corrected chi connectivity index (χ0v) is 16.3. The van der Waals surface area contributed by atoms with Gasteiger partial charge in [0, 0.05) is 18.4 Å². The van der Waals surface area contributed by atoms with E-state index in [1.807, 2.05) is 41.3 Å². The molecule has 2 heterocycles. The Balaban J connectivity index is 1.67. The van der Waals surface area contributed by atoms with Crippen molar-refractivity contribution in [3.63, 3.8) is 0 Å². The SMILES string of the molecule is COc1ccc(CN2C(=O)c3cccnc3C2Nc2ccc(C)cc2C)cc1. The van der Waals surface area contributed by atoms with E-state index < -0.39 is 0 Å². The number of amides is 1. The van der Waals surface area contributed by atoms with Crippen LogP contribution in [0.1, 0.15) is 38.9 Å². The third-order valence-electron chi connectivity index (χ3n) is 5.09. The molecule has 0 radical (unpaired) electrons.